The van der Waals surface area contributed by atoms with E-state index in [2.05, 4.69) is 15.6 Å². The summed E-state index contributed by atoms with van der Waals surface area (Å²) >= 11 is 11.9. The van der Waals surface area contributed by atoms with Gasteiger partial charge in [0.1, 0.15) is 11.3 Å². The molecule has 0 unspecified atom stereocenters. The van der Waals surface area contributed by atoms with Crippen LogP contribution in [-0.4, -0.2) is 15.4 Å². The van der Waals surface area contributed by atoms with Crippen molar-refractivity contribution in [2.75, 3.05) is 10.6 Å². The highest BCUT2D eigenvalue weighted by atomic mass is 35.5. The molecule has 6 nitrogen and oxygen atoms in total. The average molecular weight is 363 g/mol. The largest absolute Gasteiger partial charge is 0.323 e. The number of rotatable bonds is 2. The number of hydrogen-bond acceptors (Lipinski definition) is 3. The van der Waals surface area contributed by atoms with Gasteiger partial charge in [-0.15, -0.1) is 0 Å². The van der Waals surface area contributed by atoms with E-state index in [1.807, 2.05) is 0 Å². The number of nitrogens with zero attached hydrogens (tertiary/aromatic N) is 2. The van der Waals surface area contributed by atoms with E-state index in [9.17, 15) is 9.59 Å². The quantitative estimate of drug-likeness (QED) is 0.724. The number of amides is 2. The Labute approximate surface area is 147 Å². The molecule has 2 amide bonds. The first-order chi connectivity index (χ1) is 11.5. The van der Waals surface area contributed by atoms with Crippen LogP contribution in [0.5, 0.6) is 0 Å². The minimum Gasteiger partial charge on any atom is -0.306 e. The second-order valence-electron chi connectivity index (χ2n) is 5.01. The van der Waals surface area contributed by atoms with E-state index < -0.39 is 6.03 Å². The smallest absolute Gasteiger partial charge is 0.306 e. The molecular formula is C16H12Cl2N4O2. The van der Waals surface area contributed by atoms with Crippen molar-refractivity contribution in [2.24, 2.45) is 0 Å². The van der Waals surface area contributed by atoms with Gasteiger partial charge in [-0.3, -0.25) is 9.20 Å². The van der Waals surface area contributed by atoms with Gasteiger partial charge in [0.2, 0.25) is 0 Å². The van der Waals surface area contributed by atoms with Crippen LogP contribution in [-0.2, 0) is 0 Å². The first-order valence-electron chi connectivity index (χ1n) is 6.97. The molecule has 0 saturated carbocycles. The zero-order valence-corrected chi connectivity index (χ0v) is 14.0. The summed E-state index contributed by atoms with van der Waals surface area (Å²) in [7, 11) is 0. The molecule has 122 valence electrons. The number of fused-ring (bicyclic) bond motifs is 1. The van der Waals surface area contributed by atoms with Crippen LogP contribution in [0.15, 0.2) is 47.4 Å². The normalized spacial score (nSPS) is 10.6. The molecular weight excluding hydrogens is 351 g/mol. The fourth-order valence-electron chi connectivity index (χ4n) is 2.20. The number of aromatic nitrogens is 2. The van der Waals surface area contributed by atoms with Gasteiger partial charge in [-0.2, -0.15) is 0 Å². The van der Waals surface area contributed by atoms with Crippen molar-refractivity contribution in [3.8, 4) is 0 Å². The number of aryl methyl sites for hydroxylation is 1. The zero-order chi connectivity index (χ0) is 17.3. The maximum atomic E-state index is 12.5. The molecule has 2 N–H and O–H groups in total. The zero-order valence-electron chi connectivity index (χ0n) is 12.5. The van der Waals surface area contributed by atoms with Crippen molar-refractivity contribution < 1.29 is 4.79 Å². The highest BCUT2D eigenvalue weighted by Gasteiger charge is 2.13. The molecule has 0 bridgehead atoms. The van der Waals surface area contributed by atoms with E-state index in [1.54, 1.807) is 43.5 Å². The van der Waals surface area contributed by atoms with Crippen molar-refractivity contribution in [1.82, 2.24) is 9.38 Å². The SMILES string of the molecule is Cc1nc2ccccn2c(=O)c1NC(=O)Nc1cc(Cl)ccc1Cl. The van der Waals surface area contributed by atoms with Gasteiger partial charge in [0.25, 0.3) is 5.56 Å². The lowest BCUT2D eigenvalue weighted by Gasteiger charge is -2.11. The van der Waals surface area contributed by atoms with E-state index in [1.165, 1.54) is 10.5 Å². The molecule has 8 heteroatoms. The van der Waals surface area contributed by atoms with Crippen LogP contribution in [0.1, 0.15) is 5.69 Å². The molecule has 2 aromatic heterocycles. The topological polar surface area (TPSA) is 75.5 Å². The summed E-state index contributed by atoms with van der Waals surface area (Å²) in [5.41, 5.74) is 0.982. The number of urea groups is 1. The molecule has 24 heavy (non-hydrogen) atoms. The standard InChI is InChI=1S/C16H12Cl2N4O2/c1-9-14(15(23)22-7-3-2-4-13(22)19-9)21-16(24)20-12-8-10(17)5-6-11(12)18/h2-8H,1H3,(H2,20,21,24). The molecule has 1 aromatic carbocycles. The third-order valence-corrected chi connectivity index (χ3v) is 3.89. The van der Waals surface area contributed by atoms with Gasteiger partial charge >= 0.3 is 6.03 Å². The van der Waals surface area contributed by atoms with Crippen molar-refractivity contribution in [3.05, 3.63) is 68.7 Å². The summed E-state index contributed by atoms with van der Waals surface area (Å²) in [5, 5.41) is 5.84. The van der Waals surface area contributed by atoms with Crippen LogP contribution >= 0.6 is 23.2 Å². The van der Waals surface area contributed by atoms with Crippen molar-refractivity contribution in [2.45, 2.75) is 6.92 Å². The Morgan fingerprint density at radius 1 is 1.17 bits per heavy atom. The number of hydrogen-bond donors (Lipinski definition) is 2. The monoisotopic (exact) mass is 362 g/mol. The molecule has 2 heterocycles. The van der Waals surface area contributed by atoms with Crippen LogP contribution in [0, 0.1) is 6.92 Å². The second kappa shape index (κ2) is 6.51. The van der Waals surface area contributed by atoms with E-state index in [0.29, 0.717) is 27.1 Å². The van der Waals surface area contributed by atoms with Crippen molar-refractivity contribution in [3.63, 3.8) is 0 Å². The number of anilines is 2. The molecule has 0 fully saturated rings. The Morgan fingerprint density at radius 2 is 1.96 bits per heavy atom. The van der Waals surface area contributed by atoms with E-state index in [4.69, 9.17) is 23.2 Å². The summed E-state index contributed by atoms with van der Waals surface area (Å²) < 4.78 is 1.36. The molecule has 0 saturated heterocycles. The van der Waals surface area contributed by atoms with Crippen molar-refractivity contribution in [1.29, 1.82) is 0 Å². The van der Waals surface area contributed by atoms with Crippen LogP contribution in [0.25, 0.3) is 5.65 Å². The van der Waals surface area contributed by atoms with Gasteiger partial charge in [0.15, 0.2) is 0 Å². The maximum Gasteiger partial charge on any atom is 0.323 e. The first kappa shape index (κ1) is 16.3. The second-order valence-corrected chi connectivity index (χ2v) is 5.85. The molecule has 0 radical (unpaired) electrons. The minimum absolute atomic E-state index is 0.0920. The lowest BCUT2D eigenvalue weighted by atomic mass is 10.3. The molecule has 0 aliphatic heterocycles. The Balaban J connectivity index is 1.91. The lowest BCUT2D eigenvalue weighted by molar-refractivity contribution is 0.262. The number of halogens is 2. The van der Waals surface area contributed by atoms with Crippen LogP contribution in [0.2, 0.25) is 10.0 Å². The fraction of sp³-hybridized carbons (Fsp3) is 0.0625. The van der Waals surface area contributed by atoms with Gasteiger partial charge in [-0.05, 0) is 37.3 Å². The summed E-state index contributed by atoms with van der Waals surface area (Å²) in [4.78, 5) is 29.0. The third kappa shape index (κ3) is 3.20. The Morgan fingerprint density at radius 3 is 2.75 bits per heavy atom. The predicted molar refractivity (Wildman–Crippen MR) is 95.3 cm³/mol. The minimum atomic E-state index is -0.614. The van der Waals surface area contributed by atoms with Gasteiger partial charge < -0.3 is 10.6 Å². The molecule has 3 aromatic rings. The number of carbonyl (C=O) groups excluding carboxylic acids is 1. The summed E-state index contributed by atoms with van der Waals surface area (Å²) in [5.74, 6) is 0. The molecule has 0 aliphatic rings. The number of benzene rings is 1. The van der Waals surface area contributed by atoms with Crippen LogP contribution < -0.4 is 16.2 Å². The van der Waals surface area contributed by atoms with E-state index in [-0.39, 0.29) is 11.2 Å². The van der Waals surface area contributed by atoms with Crippen molar-refractivity contribution >= 4 is 46.3 Å². The van der Waals surface area contributed by atoms with E-state index >= 15 is 0 Å². The van der Waals surface area contributed by atoms with Gasteiger partial charge in [0, 0.05) is 11.2 Å². The van der Waals surface area contributed by atoms with Gasteiger partial charge in [0.05, 0.1) is 16.4 Å². The van der Waals surface area contributed by atoms with Gasteiger partial charge in [-0.1, -0.05) is 29.3 Å². The highest BCUT2D eigenvalue weighted by Crippen LogP contribution is 2.25. The van der Waals surface area contributed by atoms with Gasteiger partial charge in [-0.25, -0.2) is 9.78 Å². The Bertz CT molecular complexity index is 1000. The maximum absolute atomic E-state index is 12.5. The fourth-order valence-corrected chi connectivity index (χ4v) is 2.54. The Kier molecular flexibility index (Phi) is 4.42. The Hall–Kier alpha value is -2.57. The average Bonchev–Trinajstić information content (AvgIpc) is 2.55. The molecule has 0 aliphatic carbocycles. The van der Waals surface area contributed by atoms with Crippen LogP contribution in [0.3, 0.4) is 0 Å². The highest BCUT2D eigenvalue weighted by molar-refractivity contribution is 6.35. The number of nitrogens with one attached hydrogen (secondary N) is 2. The number of pyridine rings is 1. The van der Waals surface area contributed by atoms with Crippen LogP contribution in [0.4, 0.5) is 16.2 Å². The lowest BCUT2D eigenvalue weighted by Crippen LogP contribution is -2.27. The third-order valence-electron chi connectivity index (χ3n) is 3.33. The summed E-state index contributed by atoms with van der Waals surface area (Å²) in [6, 6.07) is 9.28. The van der Waals surface area contributed by atoms with E-state index in [0.717, 1.165) is 0 Å². The molecule has 0 atom stereocenters. The summed E-state index contributed by atoms with van der Waals surface area (Å²) in [6.45, 7) is 1.65. The predicted octanol–water partition coefficient (Wildman–Crippen LogP) is 3.95. The summed E-state index contributed by atoms with van der Waals surface area (Å²) in [6.07, 6.45) is 1.58. The molecule has 3 rings (SSSR count). The number of carbonyl (C=O) groups is 1. The molecule has 0 spiro atoms. The first-order valence-corrected chi connectivity index (χ1v) is 7.72.